The van der Waals surface area contributed by atoms with Crippen LogP contribution >= 0.6 is 11.8 Å². The van der Waals surface area contributed by atoms with E-state index in [0.29, 0.717) is 5.56 Å². The number of thioether (sulfide) groups is 1. The summed E-state index contributed by atoms with van der Waals surface area (Å²) in [6.07, 6.45) is 0. The number of aryl methyl sites for hydroxylation is 1. The van der Waals surface area contributed by atoms with Gasteiger partial charge in [0.05, 0.1) is 5.75 Å². The van der Waals surface area contributed by atoms with Gasteiger partial charge in [-0.15, -0.1) is 11.8 Å². The van der Waals surface area contributed by atoms with Gasteiger partial charge >= 0.3 is 0 Å². The first-order valence-electron chi connectivity index (χ1n) is 8.10. The summed E-state index contributed by atoms with van der Waals surface area (Å²) in [5, 5.41) is 2.58. The molecular weight excluding hydrogens is 350 g/mol. The molecule has 0 bridgehead atoms. The average Bonchev–Trinajstić information content (AvgIpc) is 2.66. The van der Waals surface area contributed by atoms with Crippen molar-refractivity contribution in [2.75, 3.05) is 5.75 Å². The Morgan fingerprint density at radius 1 is 0.962 bits per heavy atom. The molecule has 0 heterocycles. The van der Waals surface area contributed by atoms with Crippen LogP contribution in [0.5, 0.6) is 0 Å². The quantitative estimate of drug-likeness (QED) is 0.536. The van der Waals surface area contributed by atoms with E-state index in [9.17, 15) is 14.4 Å². The van der Waals surface area contributed by atoms with E-state index >= 15 is 0 Å². The van der Waals surface area contributed by atoms with Crippen LogP contribution in [0, 0.1) is 6.92 Å². The summed E-state index contributed by atoms with van der Waals surface area (Å²) in [6.45, 7) is 3.54. The molecule has 0 saturated heterocycles. The number of hydrogen-bond acceptors (Lipinski definition) is 4. The van der Waals surface area contributed by atoms with E-state index in [0.717, 1.165) is 10.5 Å². The SMILES string of the molecule is Cc1ccc(SCC(=O)NNC(=O)C(C)NC(=O)c2ccccc2)cc1. The number of rotatable bonds is 6. The highest BCUT2D eigenvalue weighted by atomic mass is 32.2. The van der Waals surface area contributed by atoms with Gasteiger partial charge in [0.1, 0.15) is 6.04 Å². The van der Waals surface area contributed by atoms with E-state index in [1.165, 1.54) is 11.8 Å². The zero-order chi connectivity index (χ0) is 18.9. The number of nitrogens with one attached hydrogen (secondary N) is 3. The van der Waals surface area contributed by atoms with Crippen LogP contribution in [0.2, 0.25) is 0 Å². The van der Waals surface area contributed by atoms with Crippen molar-refractivity contribution >= 4 is 29.5 Å². The Balaban J connectivity index is 1.72. The van der Waals surface area contributed by atoms with Crippen molar-refractivity contribution in [1.29, 1.82) is 0 Å². The Kier molecular flexibility index (Phi) is 7.23. The van der Waals surface area contributed by atoms with Crippen molar-refractivity contribution in [2.24, 2.45) is 0 Å². The molecule has 26 heavy (non-hydrogen) atoms. The first-order chi connectivity index (χ1) is 12.5. The van der Waals surface area contributed by atoms with Gasteiger partial charge in [0, 0.05) is 10.5 Å². The second-order valence-electron chi connectivity index (χ2n) is 5.70. The van der Waals surface area contributed by atoms with Crippen molar-refractivity contribution in [2.45, 2.75) is 24.8 Å². The Morgan fingerprint density at radius 2 is 1.62 bits per heavy atom. The molecule has 0 aliphatic heterocycles. The molecule has 6 nitrogen and oxygen atoms in total. The van der Waals surface area contributed by atoms with E-state index in [-0.39, 0.29) is 17.6 Å². The number of hydrazine groups is 1. The molecule has 2 aromatic carbocycles. The lowest BCUT2D eigenvalue weighted by atomic mass is 10.2. The fraction of sp³-hybridized carbons (Fsp3) is 0.211. The molecule has 7 heteroatoms. The number of hydrogen-bond donors (Lipinski definition) is 3. The number of benzene rings is 2. The normalized spacial score (nSPS) is 11.3. The van der Waals surface area contributed by atoms with Crippen LogP contribution in [0.4, 0.5) is 0 Å². The Labute approximate surface area is 156 Å². The van der Waals surface area contributed by atoms with E-state index in [1.54, 1.807) is 37.3 Å². The van der Waals surface area contributed by atoms with Crippen molar-refractivity contribution in [3.05, 3.63) is 65.7 Å². The van der Waals surface area contributed by atoms with Crippen LogP contribution in [0.1, 0.15) is 22.8 Å². The maximum absolute atomic E-state index is 12.0. The summed E-state index contributed by atoms with van der Waals surface area (Å²) in [5.74, 6) is -1.00. The third-order valence-corrected chi connectivity index (χ3v) is 4.50. The van der Waals surface area contributed by atoms with Gasteiger partial charge in [-0.2, -0.15) is 0 Å². The predicted octanol–water partition coefficient (Wildman–Crippen LogP) is 2.05. The second-order valence-corrected chi connectivity index (χ2v) is 6.75. The van der Waals surface area contributed by atoms with E-state index < -0.39 is 11.9 Å². The fourth-order valence-corrected chi connectivity index (χ4v) is 2.69. The molecule has 0 aliphatic rings. The molecule has 0 saturated carbocycles. The molecule has 0 fully saturated rings. The molecule has 3 N–H and O–H groups in total. The molecule has 1 unspecified atom stereocenters. The van der Waals surface area contributed by atoms with Crippen LogP contribution in [0.15, 0.2) is 59.5 Å². The zero-order valence-corrected chi connectivity index (χ0v) is 15.4. The third-order valence-electron chi connectivity index (χ3n) is 3.49. The van der Waals surface area contributed by atoms with Gasteiger partial charge < -0.3 is 5.32 Å². The molecule has 2 aromatic rings. The minimum Gasteiger partial charge on any atom is -0.340 e. The summed E-state index contributed by atoms with van der Waals surface area (Å²) < 4.78 is 0. The zero-order valence-electron chi connectivity index (χ0n) is 14.6. The molecular formula is C19H21N3O3S. The van der Waals surface area contributed by atoms with Gasteiger partial charge in [-0.05, 0) is 38.1 Å². The van der Waals surface area contributed by atoms with Crippen molar-refractivity contribution < 1.29 is 14.4 Å². The number of carbonyl (C=O) groups is 3. The van der Waals surface area contributed by atoms with Crippen molar-refractivity contribution in [3.63, 3.8) is 0 Å². The first kappa shape index (κ1) is 19.5. The molecule has 0 aliphatic carbocycles. The van der Waals surface area contributed by atoms with Crippen LogP contribution < -0.4 is 16.2 Å². The lowest BCUT2D eigenvalue weighted by molar-refractivity contribution is -0.128. The van der Waals surface area contributed by atoms with Crippen molar-refractivity contribution in [1.82, 2.24) is 16.2 Å². The molecule has 2 rings (SSSR count). The maximum atomic E-state index is 12.0. The summed E-state index contributed by atoms with van der Waals surface area (Å²) >= 11 is 1.37. The average molecular weight is 371 g/mol. The minimum absolute atomic E-state index is 0.175. The Morgan fingerprint density at radius 3 is 2.27 bits per heavy atom. The molecule has 3 amide bonds. The smallest absolute Gasteiger partial charge is 0.260 e. The summed E-state index contributed by atoms with van der Waals surface area (Å²) in [4.78, 5) is 36.8. The fourth-order valence-electron chi connectivity index (χ4n) is 1.99. The minimum atomic E-state index is -0.784. The van der Waals surface area contributed by atoms with E-state index in [1.807, 2.05) is 31.2 Å². The standard InChI is InChI=1S/C19H21N3O3S/c1-13-8-10-16(11-9-13)26-12-17(23)21-22-18(24)14(2)20-19(25)15-6-4-3-5-7-15/h3-11,14H,12H2,1-2H3,(H,20,25)(H,21,23)(H,22,24). The van der Waals surface area contributed by atoms with Crippen LogP contribution in [-0.4, -0.2) is 29.5 Å². The van der Waals surface area contributed by atoms with Crippen molar-refractivity contribution in [3.8, 4) is 0 Å². The lowest BCUT2D eigenvalue weighted by Gasteiger charge is -2.14. The van der Waals surface area contributed by atoms with E-state index in [2.05, 4.69) is 16.2 Å². The molecule has 136 valence electrons. The number of carbonyl (C=O) groups excluding carboxylic acids is 3. The second kappa shape index (κ2) is 9.62. The van der Waals surface area contributed by atoms with Crippen LogP contribution in [0.25, 0.3) is 0 Å². The topological polar surface area (TPSA) is 87.3 Å². The monoisotopic (exact) mass is 371 g/mol. The molecule has 0 radical (unpaired) electrons. The summed E-state index contributed by atoms with van der Waals surface area (Å²) in [5.41, 5.74) is 6.28. The predicted molar refractivity (Wildman–Crippen MR) is 102 cm³/mol. The summed E-state index contributed by atoms with van der Waals surface area (Å²) in [6, 6.07) is 15.6. The van der Waals surface area contributed by atoms with Gasteiger partial charge in [-0.3, -0.25) is 25.2 Å². The highest BCUT2D eigenvalue weighted by molar-refractivity contribution is 8.00. The van der Waals surface area contributed by atoms with E-state index in [4.69, 9.17) is 0 Å². The highest BCUT2D eigenvalue weighted by Crippen LogP contribution is 2.17. The van der Waals surface area contributed by atoms with Gasteiger partial charge in [0.25, 0.3) is 11.8 Å². The van der Waals surface area contributed by atoms with Gasteiger partial charge in [-0.25, -0.2) is 0 Å². The third kappa shape index (κ3) is 6.25. The Bertz CT molecular complexity index is 763. The van der Waals surface area contributed by atoms with Gasteiger partial charge in [0.15, 0.2) is 0 Å². The number of amides is 3. The lowest BCUT2D eigenvalue weighted by Crippen LogP contribution is -2.51. The largest absolute Gasteiger partial charge is 0.340 e. The maximum Gasteiger partial charge on any atom is 0.260 e. The molecule has 0 spiro atoms. The van der Waals surface area contributed by atoms with Gasteiger partial charge in [0.2, 0.25) is 5.91 Å². The molecule has 1 atom stereocenters. The summed E-state index contributed by atoms with van der Waals surface area (Å²) in [7, 11) is 0. The highest BCUT2D eigenvalue weighted by Gasteiger charge is 2.17. The Hall–Kier alpha value is -2.80. The first-order valence-corrected chi connectivity index (χ1v) is 9.08. The van der Waals surface area contributed by atoms with Crippen LogP contribution in [-0.2, 0) is 9.59 Å². The van der Waals surface area contributed by atoms with Gasteiger partial charge in [-0.1, -0.05) is 35.9 Å². The molecule has 0 aromatic heterocycles. The van der Waals surface area contributed by atoms with Crippen LogP contribution in [0.3, 0.4) is 0 Å².